The molecule has 0 radical (unpaired) electrons. The summed E-state index contributed by atoms with van der Waals surface area (Å²) >= 11 is 1.53. The van der Waals surface area contributed by atoms with Crippen LogP contribution in [0.1, 0.15) is 0 Å². The highest BCUT2D eigenvalue weighted by Crippen LogP contribution is 2.34. The highest BCUT2D eigenvalue weighted by atomic mass is 35.5. The van der Waals surface area contributed by atoms with Crippen molar-refractivity contribution in [3.63, 3.8) is 0 Å². The summed E-state index contributed by atoms with van der Waals surface area (Å²) in [7, 11) is 0. The Morgan fingerprint density at radius 3 is 2.84 bits per heavy atom. The number of rotatable bonds is 0. The van der Waals surface area contributed by atoms with Crippen molar-refractivity contribution in [1.29, 1.82) is 0 Å². The minimum absolute atomic E-state index is 0. The predicted molar refractivity (Wildman–Crippen MR) is 82.5 cm³/mol. The van der Waals surface area contributed by atoms with Crippen LogP contribution in [0.5, 0.6) is 0 Å². The highest BCUT2D eigenvalue weighted by molar-refractivity contribution is 7.25. The van der Waals surface area contributed by atoms with E-state index in [1.54, 1.807) is 6.20 Å². The average Bonchev–Trinajstić information content (AvgIpc) is 2.79. The zero-order valence-corrected chi connectivity index (χ0v) is 11.3. The number of halogens is 1. The Morgan fingerprint density at radius 2 is 1.95 bits per heavy atom. The van der Waals surface area contributed by atoms with Crippen molar-refractivity contribution in [2.24, 2.45) is 0 Å². The maximum atomic E-state index is 12.1. The van der Waals surface area contributed by atoms with Gasteiger partial charge in [0, 0.05) is 33.3 Å². The molecule has 3 heterocycles. The molecule has 94 valence electrons. The number of H-pyrrole nitrogens is 1. The van der Waals surface area contributed by atoms with Gasteiger partial charge in [0.2, 0.25) is 0 Å². The lowest BCUT2D eigenvalue weighted by Crippen LogP contribution is -2.04. The molecule has 19 heavy (non-hydrogen) atoms. The van der Waals surface area contributed by atoms with E-state index in [1.807, 2.05) is 30.5 Å². The van der Waals surface area contributed by atoms with Crippen LogP contribution in [0.25, 0.3) is 31.1 Å². The van der Waals surface area contributed by atoms with Gasteiger partial charge in [0.15, 0.2) is 0 Å². The summed E-state index contributed by atoms with van der Waals surface area (Å²) in [6, 6.07) is 9.93. The normalized spacial score (nSPS) is 10.9. The Balaban J connectivity index is 0.00000110. The van der Waals surface area contributed by atoms with Gasteiger partial charge in [-0.1, -0.05) is 18.2 Å². The van der Waals surface area contributed by atoms with Gasteiger partial charge in [0.1, 0.15) is 4.70 Å². The zero-order valence-electron chi connectivity index (χ0n) is 9.71. The Labute approximate surface area is 118 Å². The minimum Gasteiger partial charge on any atom is -0.321 e. The maximum Gasteiger partial charge on any atom is 0.266 e. The molecule has 4 rings (SSSR count). The number of hydrogen-bond acceptors (Lipinski definition) is 3. The number of hydrogen-bond donors (Lipinski definition) is 1. The minimum atomic E-state index is -0.0232. The van der Waals surface area contributed by atoms with Gasteiger partial charge < -0.3 is 4.98 Å². The van der Waals surface area contributed by atoms with Crippen LogP contribution in [-0.2, 0) is 0 Å². The number of benzene rings is 1. The first-order valence-corrected chi connectivity index (χ1v) is 6.43. The standard InChI is InChI=1S/C14H8N2OS.ClH/c17-14-13-12(8-3-1-2-4-11(8)18-13)9-7-15-6-5-10(9)16-14;/h1-7H,(H,16,17);1H. The fourth-order valence-electron chi connectivity index (χ4n) is 2.35. The fraction of sp³-hybridized carbons (Fsp3) is 0. The van der Waals surface area contributed by atoms with E-state index in [0.29, 0.717) is 0 Å². The smallest absolute Gasteiger partial charge is 0.266 e. The van der Waals surface area contributed by atoms with Gasteiger partial charge in [-0.15, -0.1) is 23.7 Å². The van der Waals surface area contributed by atoms with E-state index in [0.717, 1.165) is 31.1 Å². The molecule has 0 saturated carbocycles. The van der Waals surface area contributed by atoms with Crippen LogP contribution in [-0.4, -0.2) is 9.97 Å². The number of thiophene rings is 1. The molecule has 1 aromatic carbocycles. The number of fused-ring (bicyclic) bond motifs is 5. The van der Waals surface area contributed by atoms with E-state index in [1.165, 1.54) is 11.3 Å². The van der Waals surface area contributed by atoms with Crippen LogP contribution in [0.3, 0.4) is 0 Å². The van der Waals surface area contributed by atoms with Crippen LogP contribution >= 0.6 is 23.7 Å². The largest absolute Gasteiger partial charge is 0.321 e. The average molecular weight is 289 g/mol. The van der Waals surface area contributed by atoms with Gasteiger partial charge in [-0.3, -0.25) is 9.78 Å². The number of nitrogens with one attached hydrogen (secondary N) is 1. The third-order valence-electron chi connectivity index (χ3n) is 3.14. The van der Waals surface area contributed by atoms with Crippen LogP contribution in [0.4, 0.5) is 0 Å². The van der Waals surface area contributed by atoms with Gasteiger partial charge >= 0.3 is 0 Å². The lowest BCUT2D eigenvalue weighted by molar-refractivity contribution is 1.31. The van der Waals surface area contributed by atoms with Crippen molar-refractivity contribution in [1.82, 2.24) is 9.97 Å². The lowest BCUT2D eigenvalue weighted by atomic mass is 10.1. The Bertz CT molecular complexity index is 958. The fourth-order valence-corrected chi connectivity index (χ4v) is 3.47. The molecule has 0 saturated heterocycles. The molecule has 3 nitrogen and oxygen atoms in total. The van der Waals surface area contributed by atoms with Crippen molar-refractivity contribution in [2.75, 3.05) is 0 Å². The third-order valence-corrected chi connectivity index (χ3v) is 4.31. The molecule has 3 aromatic heterocycles. The predicted octanol–water partition coefficient (Wildman–Crippen LogP) is 3.71. The molecule has 0 fully saturated rings. The van der Waals surface area contributed by atoms with Gasteiger partial charge in [0.25, 0.3) is 5.56 Å². The Hall–Kier alpha value is -1.91. The summed E-state index contributed by atoms with van der Waals surface area (Å²) in [5.74, 6) is 0. The highest BCUT2D eigenvalue weighted by Gasteiger charge is 2.11. The molecule has 5 heteroatoms. The summed E-state index contributed by atoms with van der Waals surface area (Å²) in [5.41, 5.74) is 0.816. The van der Waals surface area contributed by atoms with E-state index in [-0.39, 0.29) is 18.0 Å². The van der Waals surface area contributed by atoms with E-state index < -0.39 is 0 Å². The number of aromatic nitrogens is 2. The molecule has 0 atom stereocenters. The van der Waals surface area contributed by atoms with Gasteiger partial charge in [-0.05, 0) is 12.1 Å². The number of pyridine rings is 2. The lowest BCUT2D eigenvalue weighted by Gasteiger charge is -1.98. The molecular formula is C14H9ClN2OS. The SMILES string of the molecule is Cl.O=c1[nH]c2ccncc2c2c1sc1ccccc12. The monoisotopic (exact) mass is 288 g/mol. The Morgan fingerprint density at radius 1 is 1.11 bits per heavy atom. The van der Waals surface area contributed by atoms with Gasteiger partial charge in [-0.25, -0.2) is 0 Å². The topological polar surface area (TPSA) is 45.8 Å². The molecule has 0 aliphatic carbocycles. The Kier molecular flexibility index (Phi) is 2.77. The van der Waals surface area contributed by atoms with Crippen molar-refractivity contribution in [2.45, 2.75) is 0 Å². The van der Waals surface area contributed by atoms with Crippen LogP contribution < -0.4 is 5.56 Å². The first-order chi connectivity index (χ1) is 8.84. The summed E-state index contributed by atoms with van der Waals surface area (Å²) in [6.07, 6.45) is 3.51. The molecule has 0 bridgehead atoms. The maximum absolute atomic E-state index is 12.1. The van der Waals surface area contributed by atoms with Crippen molar-refractivity contribution in [3.8, 4) is 0 Å². The van der Waals surface area contributed by atoms with E-state index in [9.17, 15) is 4.79 Å². The first kappa shape index (κ1) is 12.1. The number of nitrogens with zero attached hydrogens (tertiary/aromatic N) is 1. The molecule has 4 aromatic rings. The summed E-state index contributed by atoms with van der Waals surface area (Å²) in [6.45, 7) is 0. The molecule has 0 unspecified atom stereocenters. The van der Waals surface area contributed by atoms with Crippen molar-refractivity contribution >= 4 is 54.8 Å². The summed E-state index contributed by atoms with van der Waals surface area (Å²) < 4.78 is 1.91. The van der Waals surface area contributed by atoms with Crippen molar-refractivity contribution < 1.29 is 0 Å². The van der Waals surface area contributed by atoms with E-state index in [4.69, 9.17) is 0 Å². The van der Waals surface area contributed by atoms with Gasteiger partial charge in [0.05, 0.1) is 5.52 Å². The van der Waals surface area contributed by atoms with Crippen molar-refractivity contribution in [3.05, 3.63) is 53.1 Å². The van der Waals surface area contributed by atoms with Crippen LogP contribution in [0.15, 0.2) is 47.5 Å². The van der Waals surface area contributed by atoms with Gasteiger partial charge in [-0.2, -0.15) is 0 Å². The summed E-state index contributed by atoms with van der Waals surface area (Å²) in [5, 5.41) is 3.15. The number of aromatic amines is 1. The van der Waals surface area contributed by atoms with E-state index in [2.05, 4.69) is 16.0 Å². The zero-order chi connectivity index (χ0) is 12.1. The van der Waals surface area contributed by atoms with E-state index >= 15 is 0 Å². The molecule has 0 aliphatic heterocycles. The molecule has 0 aliphatic rings. The molecular weight excluding hydrogens is 280 g/mol. The second kappa shape index (κ2) is 4.33. The first-order valence-electron chi connectivity index (χ1n) is 5.62. The molecule has 0 amide bonds. The molecule has 0 spiro atoms. The van der Waals surface area contributed by atoms with Crippen LogP contribution in [0.2, 0.25) is 0 Å². The third kappa shape index (κ3) is 1.64. The second-order valence-corrected chi connectivity index (χ2v) is 5.23. The summed E-state index contributed by atoms with van der Waals surface area (Å²) in [4.78, 5) is 19.2. The van der Waals surface area contributed by atoms with Crippen LogP contribution in [0, 0.1) is 0 Å². The molecule has 1 N–H and O–H groups in total. The quantitative estimate of drug-likeness (QED) is 0.536. The second-order valence-electron chi connectivity index (χ2n) is 4.18.